The molecule has 3 aromatic carbocycles. The molecule has 0 unspecified atom stereocenters. The Bertz CT molecular complexity index is 1380. The molecule has 0 aliphatic heterocycles. The van der Waals surface area contributed by atoms with Gasteiger partial charge in [0.2, 0.25) is 23.6 Å². The van der Waals surface area contributed by atoms with Gasteiger partial charge in [0.1, 0.15) is 0 Å². The van der Waals surface area contributed by atoms with Crippen molar-refractivity contribution in [1.82, 2.24) is 10.9 Å². The Morgan fingerprint density at radius 3 is 1.26 bits per heavy atom. The van der Waals surface area contributed by atoms with Crippen LogP contribution in [-0.4, -0.2) is 36.1 Å². The number of rotatable bonds is 12. The molecule has 0 atom stereocenters. The second kappa shape index (κ2) is 15.6. The van der Waals surface area contributed by atoms with Gasteiger partial charge in [0.25, 0.3) is 0 Å². The highest BCUT2D eigenvalue weighted by atomic mass is 16.2. The number of nitrogens with one attached hydrogen (secondary N) is 4. The van der Waals surface area contributed by atoms with Crippen molar-refractivity contribution in [2.24, 2.45) is 10.2 Å². The smallest absolute Gasteiger partial charge is 0.240 e. The van der Waals surface area contributed by atoms with E-state index in [4.69, 9.17) is 0 Å². The van der Waals surface area contributed by atoms with E-state index < -0.39 is 0 Å². The third kappa shape index (κ3) is 10.8. The van der Waals surface area contributed by atoms with Gasteiger partial charge in [-0.2, -0.15) is 10.2 Å². The number of anilines is 2. The molecule has 4 amide bonds. The van der Waals surface area contributed by atoms with E-state index >= 15 is 0 Å². The van der Waals surface area contributed by atoms with Gasteiger partial charge in [-0.25, -0.2) is 10.9 Å². The first-order valence-electron chi connectivity index (χ1n) is 13.6. The van der Waals surface area contributed by atoms with Crippen LogP contribution < -0.4 is 21.5 Å². The molecule has 0 fully saturated rings. The summed E-state index contributed by atoms with van der Waals surface area (Å²) in [5.74, 6) is -1.23. The lowest BCUT2D eigenvalue weighted by atomic mass is 10.1. The van der Waals surface area contributed by atoms with Gasteiger partial charge in [0, 0.05) is 37.1 Å². The maximum Gasteiger partial charge on any atom is 0.240 e. The maximum absolute atomic E-state index is 12.2. The number of benzene rings is 3. The minimum Gasteiger partial charge on any atom is -0.326 e. The van der Waals surface area contributed by atoms with Crippen LogP contribution >= 0.6 is 0 Å². The second-order valence-corrected chi connectivity index (χ2v) is 9.99. The van der Waals surface area contributed by atoms with Crippen molar-refractivity contribution in [1.29, 1.82) is 0 Å². The number of amides is 4. The molecule has 0 heterocycles. The molecular formula is C32H36N6O4. The van der Waals surface area contributed by atoms with Gasteiger partial charge in [-0.05, 0) is 62.1 Å². The zero-order valence-electron chi connectivity index (χ0n) is 24.3. The summed E-state index contributed by atoms with van der Waals surface area (Å²) >= 11 is 0. The molecular weight excluding hydrogens is 532 g/mol. The summed E-state index contributed by atoms with van der Waals surface area (Å²) in [4.78, 5) is 48.4. The van der Waals surface area contributed by atoms with E-state index in [9.17, 15) is 19.2 Å². The zero-order valence-corrected chi connectivity index (χ0v) is 24.3. The second-order valence-electron chi connectivity index (χ2n) is 9.99. The van der Waals surface area contributed by atoms with Gasteiger partial charge in [0.15, 0.2) is 0 Å². The molecule has 10 heteroatoms. The molecule has 0 spiro atoms. The maximum atomic E-state index is 12.2. The predicted molar refractivity (Wildman–Crippen MR) is 165 cm³/mol. The van der Waals surface area contributed by atoms with Gasteiger partial charge >= 0.3 is 0 Å². The third-order valence-corrected chi connectivity index (χ3v) is 6.21. The number of hydrogen-bond donors (Lipinski definition) is 4. The van der Waals surface area contributed by atoms with Crippen LogP contribution in [0.15, 0.2) is 70.9 Å². The number of carbonyl (C=O) groups excluding carboxylic acids is 4. The molecule has 0 bridgehead atoms. The van der Waals surface area contributed by atoms with Crippen LogP contribution in [0.5, 0.6) is 0 Å². The van der Waals surface area contributed by atoms with Crippen molar-refractivity contribution in [3.05, 3.63) is 94.0 Å². The Morgan fingerprint density at radius 2 is 0.905 bits per heavy atom. The first-order chi connectivity index (χ1) is 20.1. The van der Waals surface area contributed by atoms with Crippen molar-refractivity contribution in [2.75, 3.05) is 10.6 Å². The molecule has 4 N–H and O–H groups in total. The lowest BCUT2D eigenvalue weighted by Crippen LogP contribution is -2.21. The van der Waals surface area contributed by atoms with E-state index in [2.05, 4.69) is 31.7 Å². The highest BCUT2D eigenvalue weighted by Crippen LogP contribution is 2.17. The summed E-state index contributed by atoms with van der Waals surface area (Å²) in [6.07, 6.45) is 3.07. The van der Waals surface area contributed by atoms with Crippen molar-refractivity contribution < 1.29 is 19.2 Å². The van der Waals surface area contributed by atoms with Gasteiger partial charge < -0.3 is 10.6 Å². The molecule has 0 aliphatic rings. The van der Waals surface area contributed by atoms with Crippen LogP contribution in [0.4, 0.5) is 11.4 Å². The molecule has 0 aromatic heterocycles. The summed E-state index contributed by atoms with van der Waals surface area (Å²) in [5.41, 5.74) is 11.9. The fourth-order valence-electron chi connectivity index (χ4n) is 3.92. The molecule has 0 aliphatic carbocycles. The first-order valence-corrected chi connectivity index (χ1v) is 13.6. The molecule has 10 nitrogen and oxygen atoms in total. The van der Waals surface area contributed by atoms with Crippen molar-refractivity contribution in [3.8, 4) is 0 Å². The highest BCUT2D eigenvalue weighted by Gasteiger charge is 2.09. The molecule has 3 rings (SSSR count). The van der Waals surface area contributed by atoms with Crippen molar-refractivity contribution in [3.63, 3.8) is 0 Å². The molecule has 0 radical (unpaired) electrons. The quantitative estimate of drug-likeness (QED) is 0.186. The Kier molecular flexibility index (Phi) is 11.7. The minimum atomic E-state index is -0.371. The number of nitrogens with zero attached hydrogens (tertiary/aromatic N) is 2. The molecule has 218 valence electrons. The van der Waals surface area contributed by atoms with E-state index in [1.807, 2.05) is 64.1 Å². The summed E-state index contributed by atoms with van der Waals surface area (Å²) < 4.78 is 0. The lowest BCUT2D eigenvalue weighted by molar-refractivity contribution is -0.124. The molecule has 42 heavy (non-hydrogen) atoms. The standard InChI is InChI=1S/C32H36N6O4/c1-21-5-11-27(23(3)17-21)35-29(39)13-15-31(41)37-33-19-25-7-9-26(10-8-25)20-34-38-32(42)16-14-30(40)36-28-12-6-22(2)18-24(28)4/h5-12,17-20H,13-16H2,1-4H3,(H,35,39)(H,36,40)(H,37,41)(H,38,42)/b33-19+,34-20+. The fraction of sp³-hybridized carbons (Fsp3) is 0.250. The summed E-state index contributed by atoms with van der Waals surface area (Å²) in [5, 5.41) is 13.5. The first kappa shape index (κ1) is 31.4. The van der Waals surface area contributed by atoms with Crippen molar-refractivity contribution in [2.45, 2.75) is 53.4 Å². The minimum absolute atomic E-state index is 0.00624. The Morgan fingerprint density at radius 1 is 0.548 bits per heavy atom. The molecule has 0 saturated carbocycles. The average molecular weight is 569 g/mol. The van der Waals surface area contributed by atoms with E-state index in [0.717, 1.165) is 44.8 Å². The fourth-order valence-corrected chi connectivity index (χ4v) is 3.92. The van der Waals surface area contributed by atoms with Crippen LogP contribution in [0.2, 0.25) is 0 Å². The van der Waals surface area contributed by atoms with Crippen LogP contribution in [0.1, 0.15) is 59.1 Å². The van der Waals surface area contributed by atoms with E-state index in [-0.39, 0.29) is 49.3 Å². The van der Waals surface area contributed by atoms with Crippen LogP contribution in [0.25, 0.3) is 0 Å². The lowest BCUT2D eigenvalue weighted by Gasteiger charge is -2.08. The van der Waals surface area contributed by atoms with Crippen molar-refractivity contribution >= 4 is 47.4 Å². The van der Waals surface area contributed by atoms with Gasteiger partial charge in [-0.1, -0.05) is 59.7 Å². The number of aryl methyl sites for hydroxylation is 4. The monoisotopic (exact) mass is 568 g/mol. The highest BCUT2D eigenvalue weighted by molar-refractivity contribution is 5.95. The number of hydrazone groups is 2. The average Bonchev–Trinajstić information content (AvgIpc) is 2.95. The molecule has 0 saturated heterocycles. The summed E-state index contributed by atoms with van der Waals surface area (Å²) in [6, 6.07) is 18.6. The predicted octanol–water partition coefficient (Wildman–Crippen LogP) is 4.66. The van der Waals surface area contributed by atoms with Gasteiger partial charge in [-0.3, -0.25) is 19.2 Å². The normalized spacial score (nSPS) is 11.0. The Hall–Kier alpha value is -5.12. The van der Waals surface area contributed by atoms with Crippen LogP contribution in [-0.2, 0) is 19.2 Å². The van der Waals surface area contributed by atoms with E-state index in [1.165, 1.54) is 12.4 Å². The van der Waals surface area contributed by atoms with Crippen LogP contribution in [0, 0.1) is 27.7 Å². The number of hydrogen-bond acceptors (Lipinski definition) is 6. The van der Waals surface area contributed by atoms with Crippen LogP contribution in [0.3, 0.4) is 0 Å². The van der Waals surface area contributed by atoms with Gasteiger partial charge in [-0.15, -0.1) is 0 Å². The third-order valence-electron chi connectivity index (χ3n) is 6.21. The summed E-state index contributed by atoms with van der Waals surface area (Å²) in [6.45, 7) is 7.80. The Labute approximate surface area is 245 Å². The topological polar surface area (TPSA) is 141 Å². The van der Waals surface area contributed by atoms with Gasteiger partial charge in [0.05, 0.1) is 12.4 Å². The number of carbonyl (C=O) groups is 4. The van der Waals surface area contributed by atoms with E-state index in [1.54, 1.807) is 24.3 Å². The molecule has 3 aromatic rings. The Balaban J connectivity index is 1.33. The van der Waals surface area contributed by atoms with E-state index in [0.29, 0.717) is 0 Å². The zero-order chi connectivity index (χ0) is 30.5. The summed E-state index contributed by atoms with van der Waals surface area (Å²) in [7, 11) is 0. The largest absolute Gasteiger partial charge is 0.326 e. The SMILES string of the molecule is Cc1ccc(NC(=O)CCC(=O)N/N=C/c2ccc(/C=N/NC(=O)CCC(=O)Nc3ccc(C)cc3C)cc2)c(C)c1.